The summed E-state index contributed by atoms with van der Waals surface area (Å²) in [6.07, 6.45) is 3.24. The van der Waals surface area contributed by atoms with E-state index in [-0.39, 0.29) is 6.35 Å². The number of rotatable bonds is 6. The Morgan fingerprint density at radius 1 is 1.28 bits per heavy atom. The summed E-state index contributed by atoms with van der Waals surface area (Å²) in [5.41, 5.74) is -0.598. The molecule has 9 heteroatoms. The third-order valence-corrected chi connectivity index (χ3v) is 4.22. The van der Waals surface area contributed by atoms with E-state index in [1.807, 2.05) is 6.07 Å². The molecule has 1 aromatic heterocycles. The SMILES string of the molecule is Cc1cn(C2C=CC(OCP(O)Oc3ccccc3)O2)c(=O)[nH]c1=O. The van der Waals surface area contributed by atoms with Crippen LogP contribution < -0.4 is 15.8 Å². The molecule has 2 N–H and O–H groups in total. The molecule has 3 rings (SSSR count). The summed E-state index contributed by atoms with van der Waals surface area (Å²) in [5.74, 6) is 0.552. The zero-order chi connectivity index (χ0) is 17.8. The molecular formula is C16H17N2O6P. The van der Waals surface area contributed by atoms with Gasteiger partial charge in [-0.05, 0) is 31.2 Å². The lowest BCUT2D eigenvalue weighted by Gasteiger charge is -2.18. The van der Waals surface area contributed by atoms with Gasteiger partial charge in [0.15, 0.2) is 12.5 Å². The summed E-state index contributed by atoms with van der Waals surface area (Å²) >= 11 is 0. The maximum Gasteiger partial charge on any atom is 0.330 e. The number of nitrogens with zero attached hydrogens (tertiary/aromatic N) is 1. The molecule has 0 spiro atoms. The Bertz CT molecular complexity index is 863. The Balaban J connectivity index is 1.54. The molecule has 0 radical (unpaired) electrons. The van der Waals surface area contributed by atoms with Crippen LogP contribution in [0.4, 0.5) is 0 Å². The predicted octanol–water partition coefficient (Wildman–Crippen LogP) is 1.61. The van der Waals surface area contributed by atoms with E-state index in [9.17, 15) is 14.5 Å². The number of para-hydroxylation sites is 1. The fourth-order valence-corrected chi connectivity index (χ4v) is 2.90. The second kappa shape index (κ2) is 7.76. The maximum absolute atomic E-state index is 11.9. The molecule has 1 aliphatic rings. The first-order valence-electron chi connectivity index (χ1n) is 7.50. The first-order chi connectivity index (χ1) is 12.0. The number of aromatic amines is 1. The smallest absolute Gasteiger partial charge is 0.330 e. The molecular weight excluding hydrogens is 347 g/mol. The molecule has 3 unspecified atom stereocenters. The molecule has 3 atom stereocenters. The Kier molecular flexibility index (Phi) is 5.45. The van der Waals surface area contributed by atoms with Crippen molar-refractivity contribution in [2.75, 3.05) is 6.35 Å². The highest BCUT2D eigenvalue weighted by atomic mass is 31.2. The van der Waals surface area contributed by atoms with Gasteiger partial charge in [-0.25, -0.2) is 4.79 Å². The molecule has 2 aromatic rings. The molecule has 1 aliphatic heterocycles. The van der Waals surface area contributed by atoms with Crippen molar-refractivity contribution in [2.45, 2.75) is 19.4 Å². The van der Waals surface area contributed by atoms with E-state index in [2.05, 4.69) is 4.98 Å². The van der Waals surface area contributed by atoms with Crippen LogP contribution in [0, 0.1) is 6.92 Å². The van der Waals surface area contributed by atoms with Crippen LogP contribution in [0.2, 0.25) is 0 Å². The van der Waals surface area contributed by atoms with Gasteiger partial charge in [-0.3, -0.25) is 14.3 Å². The molecule has 132 valence electrons. The highest BCUT2D eigenvalue weighted by Crippen LogP contribution is 2.34. The largest absolute Gasteiger partial charge is 0.446 e. The minimum absolute atomic E-state index is 0.0501. The zero-order valence-corrected chi connectivity index (χ0v) is 14.3. The lowest BCUT2D eigenvalue weighted by Crippen LogP contribution is -2.33. The van der Waals surface area contributed by atoms with Crippen LogP contribution in [0.1, 0.15) is 11.8 Å². The molecule has 0 saturated carbocycles. The van der Waals surface area contributed by atoms with Crippen molar-refractivity contribution >= 4 is 8.38 Å². The van der Waals surface area contributed by atoms with E-state index in [0.29, 0.717) is 11.3 Å². The van der Waals surface area contributed by atoms with Crippen molar-refractivity contribution < 1.29 is 18.9 Å². The quantitative estimate of drug-likeness (QED) is 0.596. The fourth-order valence-electron chi connectivity index (χ4n) is 2.21. The van der Waals surface area contributed by atoms with Gasteiger partial charge in [0, 0.05) is 11.8 Å². The third kappa shape index (κ3) is 4.43. The van der Waals surface area contributed by atoms with Gasteiger partial charge < -0.3 is 18.9 Å². The number of hydrogen-bond donors (Lipinski definition) is 2. The van der Waals surface area contributed by atoms with E-state index in [1.54, 1.807) is 43.3 Å². The van der Waals surface area contributed by atoms with Crippen molar-refractivity contribution in [3.63, 3.8) is 0 Å². The molecule has 0 saturated heterocycles. The minimum Gasteiger partial charge on any atom is -0.446 e. The van der Waals surface area contributed by atoms with Crippen molar-refractivity contribution in [3.8, 4) is 5.75 Å². The van der Waals surface area contributed by atoms with Crippen molar-refractivity contribution in [1.29, 1.82) is 0 Å². The minimum atomic E-state index is -1.81. The van der Waals surface area contributed by atoms with Crippen LogP contribution in [0.5, 0.6) is 5.75 Å². The second-order valence-corrected chi connectivity index (χ2v) is 6.46. The first kappa shape index (κ1) is 17.6. The van der Waals surface area contributed by atoms with Crippen LogP contribution in [0.15, 0.2) is 58.3 Å². The number of H-pyrrole nitrogens is 1. The van der Waals surface area contributed by atoms with Gasteiger partial charge >= 0.3 is 5.69 Å². The van der Waals surface area contributed by atoms with Crippen LogP contribution in [0.3, 0.4) is 0 Å². The zero-order valence-electron chi connectivity index (χ0n) is 13.4. The lowest BCUT2D eigenvalue weighted by atomic mass is 10.3. The maximum atomic E-state index is 11.9. The van der Waals surface area contributed by atoms with Crippen LogP contribution in [-0.2, 0) is 9.47 Å². The average molecular weight is 364 g/mol. The first-order valence-corrected chi connectivity index (χ1v) is 8.89. The van der Waals surface area contributed by atoms with Crippen LogP contribution in [-0.4, -0.2) is 27.1 Å². The van der Waals surface area contributed by atoms with E-state index in [0.717, 1.165) is 0 Å². The molecule has 8 nitrogen and oxygen atoms in total. The van der Waals surface area contributed by atoms with E-state index in [1.165, 1.54) is 10.8 Å². The van der Waals surface area contributed by atoms with Crippen LogP contribution >= 0.6 is 8.38 Å². The fraction of sp³-hybridized carbons (Fsp3) is 0.250. The third-order valence-electron chi connectivity index (χ3n) is 3.43. The molecule has 0 fully saturated rings. The number of aromatic nitrogens is 2. The summed E-state index contributed by atoms with van der Waals surface area (Å²) in [4.78, 5) is 35.4. The van der Waals surface area contributed by atoms with Gasteiger partial charge in [-0.15, -0.1) is 0 Å². The predicted molar refractivity (Wildman–Crippen MR) is 91.3 cm³/mol. The second-order valence-electron chi connectivity index (χ2n) is 5.31. The molecule has 25 heavy (non-hydrogen) atoms. The molecule has 0 aliphatic carbocycles. The Morgan fingerprint density at radius 3 is 2.80 bits per heavy atom. The van der Waals surface area contributed by atoms with E-state index >= 15 is 0 Å². The summed E-state index contributed by atoms with van der Waals surface area (Å²) < 4.78 is 17.6. The van der Waals surface area contributed by atoms with E-state index in [4.69, 9.17) is 14.0 Å². The summed E-state index contributed by atoms with van der Waals surface area (Å²) in [5, 5.41) is 0. The van der Waals surface area contributed by atoms with Crippen molar-refractivity contribution in [1.82, 2.24) is 9.55 Å². The van der Waals surface area contributed by atoms with E-state index < -0.39 is 32.1 Å². The van der Waals surface area contributed by atoms with Gasteiger partial charge in [-0.1, -0.05) is 18.2 Å². The normalized spacial score (nSPS) is 20.6. The summed E-state index contributed by atoms with van der Waals surface area (Å²) in [6, 6.07) is 8.92. The molecule has 0 bridgehead atoms. The monoisotopic (exact) mass is 364 g/mol. The van der Waals surface area contributed by atoms with Gasteiger partial charge in [0.1, 0.15) is 12.1 Å². The summed E-state index contributed by atoms with van der Waals surface area (Å²) in [6.45, 7) is 1.60. The topological polar surface area (TPSA) is 103 Å². The van der Waals surface area contributed by atoms with Gasteiger partial charge in [0.05, 0.1) is 0 Å². The molecule has 0 amide bonds. The standard InChI is InChI=1S/C16H17N2O6P/c1-11-9-18(16(20)17-15(11)19)13-7-8-14(23-13)22-10-25(21)24-12-5-3-2-4-6-12/h2-9,13-14,21H,10H2,1H3,(H,17,19,20). The Hall–Kier alpha value is -2.25. The van der Waals surface area contributed by atoms with Crippen molar-refractivity contribution in [3.05, 3.63) is 75.1 Å². The van der Waals surface area contributed by atoms with Crippen molar-refractivity contribution in [2.24, 2.45) is 0 Å². The molecule has 2 heterocycles. The lowest BCUT2D eigenvalue weighted by molar-refractivity contribution is -0.126. The summed E-state index contributed by atoms with van der Waals surface area (Å²) in [7, 11) is -1.81. The highest BCUT2D eigenvalue weighted by molar-refractivity contribution is 7.46. The Labute approximate surface area is 144 Å². The number of nitrogens with one attached hydrogen (secondary N) is 1. The average Bonchev–Trinajstić information content (AvgIpc) is 3.06. The van der Waals surface area contributed by atoms with Crippen LogP contribution in [0.25, 0.3) is 0 Å². The number of hydrogen-bond acceptors (Lipinski definition) is 6. The number of ether oxygens (including phenoxy) is 2. The van der Waals surface area contributed by atoms with Gasteiger partial charge in [0.2, 0.25) is 0 Å². The van der Waals surface area contributed by atoms with Gasteiger partial charge in [-0.2, -0.15) is 0 Å². The number of aryl methyl sites for hydroxylation is 1. The van der Waals surface area contributed by atoms with Gasteiger partial charge in [0.25, 0.3) is 13.9 Å². The Morgan fingerprint density at radius 2 is 2.04 bits per heavy atom. The highest BCUT2D eigenvalue weighted by Gasteiger charge is 2.23. The molecule has 1 aromatic carbocycles. The number of benzene rings is 1.